The normalized spacial score (nSPS) is 36.9. The smallest absolute Gasteiger partial charge is 0.410 e. The predicted octanol–water partition coefficient (Wildman–Crippen LogP) is 1.95. The van der Waals surface area contributed by atoms with Gasteiger partial charge in [0, 0.05) is 0 Å². The van der Waals surface area contributed by atoms with Crippen LogP contribution in [0.1, 0.15) is 18.9 Å². The average Bonchev–Trinajstić information content (AvgIpc) is 3.22. The van der Waals surface area contributed by atoms with Crippen molar-refractivity contribution in [3.63, 3.8) is 0 Å². The van der Waals surface area contributed by atoms with Crippen molar-refractivity contribution in [3.8, 4) is 0 Å². The van der Waals surface area contributed by atoms with Crippen molar-refractivity contribution < 1.29 is 19.0 Å². The molecule has 3 aliphatic heterocycles. The molecule has 0 aromatic heterocycles. The monoisotopic (exact) mass is 289 g/mol. The van der Waals surface area contributed by atoms with Crippen LogP contribution in [-0.4, -0.2) is 48.0 Å². The topological polar surface area (TPSA) is 51.3 Å². The number of ether oxygens (including phenoxy) is 3. The zero-order valence-corrected chi connectivity index (χ0v) is 12.0. The highest BCUT2D eigenvalue weighted by molar-refractivity contribution is 5.71. The third-order valence-electron chi connectivity index (χ3n) is 4.65. The van der Waals surface area contributed by atoms with E-state index in [1.54, 1.807) is 0 Å². The summed E-state index contributed by atoms with van der Waals surface area (Å²) in [4.78, 5) is 13.8. The van der Waals surface area contributed by atoms with Gasteiger partial charge in [0.2, 0.25) is 0 Å². The van der Waals surface area contributed by atoms with Gasteiger partial charge in [0.15, 0.2) is 0 Å². The van der Waals surface area contributed by atoms with Gasteiger partial charge in [-0.05, 0) is 12.0 Å². The van der Waals surface area contributed by atoms with E-state index in [1.165, 1.54) is 0 Å². The van der Waals surface area contributed by atoms with E-state index in [0.29, 0.717) is 13.2 Å². The lowest BCUT2D eigenvalue weighted by molar-refractivity contribution is -0.0332. The SMILES string of the molecule is CC[C@@H]1[C@@H]2O[C@@H]2[C@@H](OCc2ccccc2)[C@H]2COC(=O)N21. The number of amides is 1. The molecule has 5 heteroatoms. The minimum atomic E-state index is -0.228. The summed E-state index contributed by atoms with van der Waals surface area (Å²) in [7, 11) is 0. The number of carbonyl (C=O) groups is 1. The second-order valence-corrected chi connectivity index (χ2v) is 5.85. The van der Waals surface area contributed by atoms with Crippen molar-refractivity contribution >= 4 is 6.09 Å². The van der Waals surface area contributed by atoms with Crippen LogP contribution >= 0.6 is 0 Å². The molecule has 0 saturated carbocycles. The maximum absolute atomic E-state index is 12.0. The molecule has 3 fully saturated rings. The minimum Gasteiger partial charge on any atom is -0.447 e. The summed E-state index contributed by atoms with van der Waals surface area (Å²) in [6.07, 6.45) is 0.781. The molecule has 0 aliphatic carbocycles. The number of benzene rings is 1. The molecule has 1 amide bonds. The second-order valence-electron chi connectivity index (χ2n) is 5.85. The van der Waals surface area contributed by atoms with E-state index in [-0.39, 0.29) is 36.5 Å². The third kappa shape index (κ3) is 2.12. The standard InChI is InChI=1S/C16H19NO4/c1-2-11-14-15(21-14)13(12-9-20-16(18)17(11)12)19-8-10-6-4-3-5-7-10/h3-7,11-15H,2,8-9H2,1H3/t11-,12-,13+,14+,15-/m1/s1. The molecule has 0 N–H and O–H groups in total. The van der Waals surface area contributed by atoms with Crippen LogP contribution in [0.2, 0.25) is 0 Å². The number of rotatable bonds is 4. The Morgan fingerprint density at radius 3 is 2.86 bits per heavy atom. The molecule has 0 radical (unpaired) electrons. The Labute approximate surface area is 123 Å². The molecule has 21 heavy (non-hydrogen) atoms. The van der Waals surface area contributed by atoms with Crippen molar-refractivity contribution in [2.24, 2.45) is 0 Å². The van der Waals surface area contributed by atoms with Gasteiger partial charge < -0.3 is 14.2 Å². The lowest BCUT2D eigenvalue weighted by Crippen LogP contribution is -2.57. The molecule has 3 aliphatic rings. The van der Waals surface area contributed by atoms with E-state index in [1.807, 2.05) is 35.2 Å². The van der Waals surface area contributed by atoms with Crippen molar-refractivity contribution in [1.29, 1.82) is 0 Å². The highest BCUT2D eigenvalue weighted by Gasteiger charge is 2.63. The Morgan fingerprint density at radius 2 is 2.10 bits per heavy atom. The van der Waals surface area contributed by atoms with Gasteiger partial charge in [-0.15, -0.1) is 0 Å². The van der Waals surface area contributed by atoms with Crippen molar-refractivity contribution in [3.05, 3.63) is 35.9 Å². The number of hydrogen-bond acceptors (Lipinski definition) is 4. The van der Waals surface area contributed by atoms with Gasteiger partial charge in [0.05, 0.1) is 18.7 Å². The number of carbonyl (C=O) groups excluding carboxylic acids is 1. The van der Waals surface area contributed by atoms with E-state index >= 15 is 0 Å². The third-order valence-corrected chi connectivity index (χ3v) is 4.65. The lowest BCUT2D eigenvalue weighted by atomic mass is 9.93. The predicted molar refractivity (Wildman–Crippen MR) is 74.7 cm³/mol. The van der Waals surface area contributed by atoms with Crippen molar-refractivity contribution in [2.75, 3.05) is 6.61 Å². The van der Waals surface area contributed by atoms with Gasteiger partial charge in [0.25, 0.3) is 0 Å². The Kier molecular flexibility index (Phi) is 3.12. The fourth-order valence-corrected chi connectivity index (χ4v) is 3.57. The van der Waals surface area contributed by atoms with Crippen LogP contribution in [0.5, 0.6) is 0 Å². The average molecular weight is 289 g/mol. The molecule has 0 unspecified atom stereocenters. The van der Waals surface area contributed by atoms with Crippen LogP contribution in [-0.2, 0) is 20.8 Å². The number of epoxide rings is 1. The van der Waals surface area contributed by atoms with Gasteiger partial charge in [-0.25, -0.2) is 4.79 Å². The number of cyclic esters (lactones) is 1. The zero-order chi connectivity index (χ0) is 14.4. The Hall–Kier alpha value is -1.59. The number of fused-ring (bicyclic) bond motifs is 2. The van der Waals surface area contributed by atoms with E-state index in [2.05, 4.69) is 6.92 Å². The molecule has 0 spiro atoms. The number of nitrogens with zero attached hydrogens (tertiary/aromatic N) is 1. The van der Waals surface area contributed by atoms with Crippen molar-refractivity contribution in [2.45, 2.75) is 50.3 Å². The first-order valence-electron chi connectivity index (χ1n) is 7.55. The summed E-state index contributed by atoms with van der Waals surface area (Å²) in [5, 5.41) is 0. The van der Waals surface area contributed by atoms with Crippen LogP contribution < -0.4 is 0 Å². The summed E-state index contributed by atoms with van der Waals surface area (Å²) in [6.45, 7) is 3.02. The molecule has 4 rings (SSSR count). The van der Waals surface area contributed by atoms with Crippen LogP contribution in [0.15, 0.2) is 30.3 Å². The molecular weight excluding hydrogens is 270 g/mol. The fraction of sp³-hybridized carbons (Fsp3) is 0.562. The number of hydrogen-bond donors (Lipinski definition) is 0. The van der Waals surface area contributed by atoms with Gasteiger partial charge in [0.1, 0.15) is 24.9 Å². The first-order chi connectivity index (χ1) is 10.3. The maximum Gasteiger partial charge on any atom is 0.410 e. The molecular formula is C16H19NO4. The van der Waals surface area contributed by atoms with Gasteiger partial charge in [-0.3, -0.25) is 4.90 Å². The first-order valence-corrected chi connectivity index (χ1v) is 7.55. The first kappa shape index (κ1) is 13.1. The maximum atomic E-state index is 12.0. The zero-order valence-electron chi connectivity index (χ0n) is 12.0. The molecule has 5 nitrogen and oxygen atoms in total. The summed E-state index contributed by atoms with van der Waals surface area (Å²) < 4.78 is 17.1. The van der Waals surface area contributed by atoms with Crippen LogP contribution in [0.3, 0.4) is 0 Å². The Balaban J connectivity index is 1.50. The van der Waals surface area contributed by atoms with E-state index in [9.17, 15) is 4.79 Å². The van der Waals surface area contributed by atoms with Gasteiger partial charge in [-0.1, -0.05) is 37.3 Å². The summed E-state index contributed by atoms with van der Waals surface area (Å²) in [6, 6.07) is 10.2. The van der Waals surface area contributed by atoms with E-state index < -0.39 is 0 Å². The molecule has 5 atom stereocenters. The highest BCUT2D eigenvalue weighted by Crippen LogP contribution is 2.44. The summed E-state index contributed by atoms with van der Waals surface area (Å²) >= 11 is 0. The van der Waals surface area contributed by atoms with Gasteiger partial charge in [-0.2, -0.15) is 0 Å². The summed E-state index contributed by atoms with van der Waals surface area (Å²) in [5.41, 5.74) is 1.13. The van der Waals surface area contributed by atoms with Gasteiger partial charge >= 0.3 is 6.09 Å². The summed E-state index contributed by atoms with van der Waals surface area (Å²) in [5.74, 6) is 0. The lowest BCUT2D eigenvalue weighted by Gasteiger charge is -2.36. The van der Waals surface area contributed by atoms with Crippen LogP contribution in [0.25, 0.3) is 0 Å². The Bertz CT molecular complexity index is 534. The van der Waals surface area contributed by atoms with Crippen LogP contribution in [0.4, 0.5) is 4.79 Å². The van der Waals surface area contributed by atoms with Crippen LogP contribution in [0, 0.1) is 0 Å². The highest BCUT2D eigenvalue weighted by atomic mass is 16.6. The number of piperidine rings is 1. The molecule has 112 valence electrons. The second kappa shape index (κ2) is 5.00. The quantitative estimate of drug-likeness (QED) is 0.795. The molecule has 1 aromatic rings. The molecule has 0 bridgehead atoms. The van der Waals surface area contributed by atoms with E-state index in [0.717, 1.165) is 12.0 Å². The molecule has 3 saturated heterocycles. The Morgan fingerprint density at radius 1 is 1.29 bits per heavy atom. The minimum absolute atomic E-state index is 0.0186. The molecule has 1 aromatic carbocycles. The largest absolute Gasteiger partial charge is 0.447 e. The fourth-order valence-electron chi connectivity index (χ4n) is 3.57. The molecule has 3 heterocycles. The van der Waals surface area contributed by atoms with E-state index in [4.69, 9.17) is 14.2 Å². The van der Waals surface area contributed by atoms with Crippen molar-refractivity contribution in [1.82, 2.24) is 4.90 Å².